The number of benzene rings is 1. The molecule has 1 aliphatic carbocycles. The number of piperidine rings is 2. The number of aromatic nitrogens is 4. The summed E-state index contributed by atoms with van der Waals surface area (Å²) in [4.78, 5) is 58.3. The molecule has 4 aromatic heterocycles. The van der Waals surface area contributed by atoms with Crippen molar-refractivity contribution in [1.29, 1.82) is 5.26 Å². The SMILES string of the molecule is CC1(C)C(NC(=O)c2ccc(N3CCC(CN4CCC(n5ccc6c(N7CCC(=O)NC7=O)ccnc65)CC4)CC3)nc2)C(C)(C)C1Oc1ccc(C#N)c2ncccc12.Cl. The van der Waals surface area contributed by atoms with Crippen molar-refractivity contribution < 1.29 is 19.1 Å². The van der Waals surface area contributed by atoms with Gasteiger partial charge in [0, 0.05) is 104 Å². The number of anilines is 2. The lowest BCUT2D eigenvalue weighted by Gasteiger charge is -2.63. The summed E-state index contributed by atoms with van der Waals surface area (Å²) < 4.78 is 8.92. The Balaban J connectivity index is 0.00000514. The van der Waals surface area contributed by atoms with Crippen molar-refractivity contribution in [3.05, 3.63) is 84.4 Å². The molecule has 0 atom stereocenters. The minimum atomic E-state index is -0.380. The topological polar surface area (TPSA) is 162 Å². The molecule has 0 bridgehead atoms. The van der Waals surface area contributed by atoms with Crippen molar-refractivity contribution in [3.63, 3.8) is 0 Å². The minimum Gasteiger partial charge on any atom is -0.488 e. The Morgan fingerprint density at radius 2 is 1.67 bits per heavy atom. The summed E-state index contributed by atoms with van der Waals surface area (Å²) in [5.74, 6) is 1.82. The summed E-state index contributed by atoms with van der Waals surface area (Å²) in [6, 6.07) is 17.2. The van der Waals surface area contributed by atoms with Gasteiger partial charge in [0.1, 0.15) is 29.4 Å². The summed E-state index contributed by atoms with van der Waals surface area (Å²) in [6.07, 6.45) is 11.6. The Morgan fingerprint density at radius 1 is 0.902 bits per heavy atom. The number of hydrogen-bond donors (Lipinski definition) is 2. The van der Waals surface area contributed by atoms with Gasteiger partial charge in [-0.3, -0.25) is 24.8 Å². The fourth-order valence-corrected chi connectivity index (χ4v) is 10.6. The van der Waals surface area contributed by atoms with Crippen LogP contribution in [-0.2, 0) is 4.79 Å². The monoisotopic (exact) mass is 844 g/mol. The zero-order valence-corrected chi connectivity index (χ0v) is 36.0. The molecular formula is C46H53ClN10O4. The van der Waals surface area contributed by atoms with Crippen LogP contribution in [0.5, 0.6) is 5.75 Å². The van der Waals surface area contributed by atoms with Gasteiger partial charge in [0.05, 0.1) is 22.3 Å². The third-order valence-electron chi connectivity index (χ3n) is 13.6. The van der Waals surface area contributed by atoms with E-state index in [-0.39, 0.29) is 59.6 Å². The van der Waals surface area contributed by atoms with Crippen LogP contribution in [0, 0.1) is 28.1 Å². The maximum absolute atomic E-state index is 13.6. The molecule has 318 valence electrons. The number of nitriles is 1. The number of ether oxygens (including phenoxy) is 1. The van der Waals surface area contributed by atoms with E-state index in [9.17, 15) is 19.6 Å². The first-order chi connectivity index (χ1) is 28.9. The van der Waals surface area contributed by atoms with Gasteiger partial charge in [-0.05, 0) is 80.1 Å². The third-order valence-corrected chi connectivity index (χ3v) is 13.6. The van der Waals surface area contributed by atoms with Gasteiger partial charge in [0.2, 0.25) is 5.91 Å². The molecule has 0 radical (unpaired) electrons. The molecule has 4 aliphatic rings. The van der Waals surface area contributed by atoms with E-state index in [2.05, 4.69) is 69.9 Å². The minimum absolute atomic E-state index is 0. The number of amides is 4. The summed E-state index contributed by atoms with van der Waals surface area (Å²) >= 11 is 0. The van der Waals surface area contributed by atoms with Crippen molar-refractivity contribution >= 4 is 63.7 Å². The van der Waals surface area contributed by atoms with Crippen LogP contribution < -0.4 is 25.2 Å². The first kappa shape index (κ1) is 41.9. The van der Waals surface area contributed by atoms with Gasteiger partial charge in [0.25, 0.3) is 5.91 Å². The molecule has 1 saturated carbocycles. The third kappa shape index (κ3) is 7.74. The molecule has 4 amide bonds. The second kappa shape index (κ2) is 16.6. The first-order valence-electron chi connectivity index (χ1n) is 21.2. The molecule has 3 aliphatic heterocycles. The Hall–Kier alpha value is -5.78. The van der Waals surface area contributed by atoms with Crippen LogP contribution in [-0.4, -0.2) is 93.7 Å². The van der Waals surface area contributed by atoms with Gasteiger partial charge in [-0.15, -0.1) is 12.4 Å². The molecule has 61 heavy (non-hydrogen) atoms. The Bertz CT molecular complexity index is 2480. The van der Waals surface area contributed by atoms with E-state index in [1.54, 1.807) is 29.6 Å². The van der Waals surface area contributed by atoms with E-state index in [0.717, 1.165) is 86.3 Å². The van der Waals surface area contributed by atoms with E-state index in [4.69, 9.17) is 14.7 Å². The summed E-state index contributed by atoms with van der Waals surface area (Å²) in [5.41, 5.74) is 2.60. The number of carbonyl (C=O) groups excluding carboxylic acids is 3. The molecule has 9 rings (SSSR count). The molecule has 0 spiro atoms. The fraction of sp³-hybridized carbons (Fsp3) is 0.457. The van der Waals surface area contributed by atoms with Crippen LogP contribution in [0.3, 0.4) is 0 Å². The van der Waals surface area contributed by atoms with Crippen molar-refractivity contribution in [2.75, 3.05) is 49.1 Å². The van der Waals surface area contributed by atoms with Crippen molar-refractivity contribution in [3.8, 4) is 11.8 Å². The molecule has 14 nitrogen and oxygen atoms in total. The highest BCUT2D eigenvalue weighted by Crippen LogP contribution is 2.56. The van der Waals surface area contributed by atoms with Crippen LogP contribution >= 0.6 is 12.4 Å². The van der Waals surface area contributed by atoms with Gasteiger partial charge < -0.3 is 24.4 Å². The quantitative estimate of drug-likeness (QED) is 0.160. The Labute approximate surface area is 362 Å². The molecule has 3 saturated heterocycles. The van der Waals surface area contributed by atoms with Crippen LogP contribution in [0.2, 0.25) is 0 Å². The average molecular weight is 845 g/mol. The normalized spacial score (nSPS) is 22.0. The molecule has 5 aromatic rings. The predicted molar refractivity (Wildman–Crippen MR) is 236 cm³/mol. The second-order valence-electron chi connectivity index (χ2n) is 18.1. The van der Waals surface area contributed by atoms with E-state index in [1.807, 2.05) is 42.5 Å². The standard InChI is InChI=1S/C46H52N10O4.ClH/c1-45(2)42(46(3,4)43(45)60-36-9-7-30(26-47)39-34(36)6-5-18-48-39)52-41(58)31-8-10-37(50-27-31)54-22-12-29(13-23-54)28-53-20-14-32(15-21-53)55-24-16-33-35(11-19-49-40(33)55)56-25-17-38(57)51-44(56)59;/h5-11,16,18-19,24,27,29,32,42-43H,12-15,17,20-23,25,28H2,1-4H3,(H,52,58)(H,51,57,59);1H. The van der Waals surface area contributed by atoms with Crippen LogP contribution in [0.25, 0.3) is 21.9 Å². The summed E-state index contributed by atoms with van der Waals surface area (Å²) in [5, 5.41) is 17.0. The molecular weight excluding hydrogens is 792 g/mol. The number of fused-ring (bicyclic) bond motifs is 2. The van der Waals surface area contributed by atoms with Crippen molar-refractivity contribution in [2.45, 2.75) is 78.0 Å². The molecule has 2 N–H and O–H groups in total. The zero-order chi connectivity index (χ0) is 41.8. The number of nitrogens with zero attached hydrogens (tertiary/aromatic N) is 8. The van der Waals surface area contributed by atoms with E-state index in [1.165, 1.54) is 0 Å². The van der Waals surface area contributed by atoms with Crippen LogP contribution in [0.15, 0.2) is 73.3 Å². The van der Waals surface area contributed by atoms with E-state index < -0.39 is 0 Å². The lowest BCUT2D eigenvalue weighted by atomic mass is 9.49. The first-order valence-corrected chi connectivity index (χ1v) is 21.2. The molecule has 7 heterocycles. The van der Waals surface area contributed by atoms with Crippen molar-refractivity contribution in [1.82, 2.24) is 35.1 Å². The van der Waals surface area contributed by atoms with E-state index in [0.29, 0.717) is 40.9 Å². The van der Waals surface area contributed by atoms with Gasteiger partial charge >= 0.3 is 6.03 Å². The fourth-order valence-electron chi connectivity index (χ4n) is 10.6. The maximum Gasteiger partial charge on any atom is 0.328 e. The van der Waals surface area contributed by atoms with Gasteiger partial charge in [-0.25, -0.2) is 14.8 Å². The smallest absolute Gasteiger partial charge is 0.328 e. The van der Waals surface area contributed by atoms with Gasteiger partial charge in [-0.1, -0.05) is 27.7 Å². The number of carbonyl (C=O) groups is 3. The van der Waals surface area contributed by atoms with E-state index >= 15 is 0 Å². The highest BCUT2D eigenvalue weighted by molar-refractivity contribution is 6.09. The molecule has 1 aromatic carbocycles. The Kier molecular flexibility index (Phi) is 11.4. The van der Waals surface area contributed by atoms with Crippen LogP contribution in [0.1, 0.15) is 81.8 Å². The number of imide groups is 1. The lowest BCUT2D eigenvalue weighted by molar-refractivity contribution is -0.163. The van der Waals surface area contributed by atoms with Crippen LogP contribution in [0.4, 0.5) is 16.3 Å². The van der Waals surface area contributed by atoms with Gasteiger partial charge in [-0.2, -0.15) is 5.26 Å². The molecule has 15 heteroatoms. The molecule has 4 fully saturated rings. The highest BCUT2D eigenvalue weighted by atomic mass is 35.5. The average Bonchev–Trinajstić information content (AvgIpc) is 3.70. The second-order valence-corrected chi connectivity index (χ2v) is 18.1. The molecule has 0 unspecified atom stereocenters. The zero-order valence-electron chi connectivity index (χ0n) is 35.1. The summed E-state index contributed by atoms with van der Waals surface area (Å²) in [6.45, 7) is 13.9. The van der Waals surface area contributed by atoms with Crippen molar-refractivity contribution in [2.24, 2.45) is 16.7 Å². The highest BCUT2D eigenvalue weighted by Gasteiger charge is 2.64. The number of pyridine rings is 3. The largest absolute Gasteiger partial charge is 0.488 e. The number of urea groups is 1. The number of nitrogens with one attached hydrogen (secondary N) is 2. The number of likely N-dealkylation sites (tertiary alicyclic amines) is 1. The number of hydrogen-bond acceptors (Lipinski definition) is 10. The number of rotatable bonds is 9. The number of halogens is 1. The summed E-state index contributed by atoms with van der Waals surface area (Å²) in [7, 11) is 0. The Morgan fingerprint density at radius 3 is 2.38 bits per heavy atom. The lowest BCUT2D eigenvalue weighted by Crippen LogP contribution is -2.74. The van der Waals surface area contributed by atoms with Gasteiger partial charge in [0.15, 0.2) is 0 Å². The maximum atomic E-state index is 13.6. The predicted octanol–water partition coefficient (Wildman–Crippen LogP) is 6.88.